The van der Waals surface area contributed by atoms with Crippen molar-refractivity contribution in [3.05, 3.63) is 0 Å². The summed E-state index contributed by atoms with van der Waals surface area (Å²) in [6.07, 6.45) is 4.94. The zero-order valence-electron chi connectivity index (χ0n) is 19.0. The first-order valence-electron chi connectivity index (χ1n) is 12.1. The number of aliphatic hydroxyl groups is 2. The Labute approximate surface area is 180 Å². The monoisotopic (exact) mass is 420 g/mol. The lowest BCUT2D eigenvalue weighted by Crippen LogP contribution is -2.64. The summed E-state index contributed by atoms with van der Waals surface area (Å²) < 4.78 is 0. The van der Waals surface area contributed by atoms with Crippen LogP contribution in [0.15, 0.2) is 0 Å². The SMILES string of the molecule is CC[C@H]1C(O)C2C3CC[C@H]([C@H](C)CC(=O)O)[C@@]3(C)CC(=O)C2[C@@]2(C)CC[C@@H](O)C[C@@H]12. The van der Waals surface area contributed by atoms with Gasteiger partial charge in [-0.15, -0.1) is 0 Å². The van der Waals surface area contributed by atoms with Gasteiger partial charge in [-0.2, -0.15) is 0 Å². The van der Waals surface area contributed by atoms with Crippen LogP contribution in [0.4, 0.5) is 0 Å². The minimum absolute atomic E-state index is 0.0280. The maximum absolute atomic E-state index is 13.8. The van der Waals surface area contributed by atoms with Crippen molar-refractivity contribution >= 4 is 11.8 Å². The van der Waals surface area contributed by atoms with E-state index in [4.69, 9.17) is 0 Å². The van der Waals surface area contributed by atoms with E-state index in [2.05, 4.69) is 20.8 Å². The van der Waals surface area contributed by atoms with E-state index >= 15 is 0 Å². The predicted octanol–water partition coefficient (Wildman–Crippen LogP) is 3.90. The van der Waals surface area contributed by atoms with Gasteiger partial charge in [0.2, 0.25) is 0 Å². The summed E-state index contributed by atoms with van der Waals surface area (Å²) in [5.41, 5.74) is -0.364. The van der Waals surface area contributed by atoms with Gasteiger partial charge in [-0.25, -0.2) is 0 Å². The standard InChI is InChI=1S/C25H40O5/c1-5-15-18-11-14(26)8-9-24(18,3)22-19(27)12-25(4)16(13(2)10-20(28)29)6-7-17(25)21(22)23(15)30/h13-18,21-23,26,30H,5-12H2,1-4H3,(H,28,29)/t13-,14-,15-,16-,17?,18+,21?,22?,23?,24+,25-/m1/s1. The zero-order valence-corrected chi connectivity index (χ0v) is 19.0. The Hall–Kier alpha value is -0.940. The predicted molar refractivity (Wildman–Crippen MR) is 114 cm³/mol. The highest BCUT2D eigenvalue weighted by Crippen LogP contribution is 2.68. The highest BCUT2D eigenvalue weighted by atomic mass is 16.4. The molecule has 5 heteroatoms. The summed E-state index contributed by atoms with van der Waals surface area (Å²) in [6.45, 7) is 8.62. The van der Waals surface area contributed by atoms with Crippen LogP contribution < -0.4 is 0 Å². The van der Waals surface area contributed by atoms with Crippen molar-refractivity contribution in [3.8, 4) is 0 Å². The summed E-state index contributed by atoms with van der Waals surface area (Å²) in [5, 5.41) is 31.3. The fourth-order valence-corrected chi connectivity index (χ4v) is 9.16. The van der Waals surface area contributed by atoms with Crippen molar-refractivity contribution in [2.24, 2.45) is 52.3 Å². The van der Waals surface area contributed by atoms with Crippen LogP contribution in [0.2, 0.25) is 0 Å². The Morgan fingerprint density at radius 1 is 1.13 bits per heavy atom. The van der Waals surface area contributed by atoms with Gasteiger partial charge in [0.15, 0.2) is 0 Å². The molecular weight excluding hydrogens is 380 g/mol. The fraction of sp³-hybridized carbons (Fsp3) is 0.920. The van der Waals surface area contributed by atoms with Crippen molar-refractivity contribution in [1.29, 1.82) is 0 Å². The number of carbonyl (C=O) groups excluding carboxylic acids is 1. The van der Waals surface area contributed by atoms with Crippen molar-refractivity contribution in [3.63, 3.8) is 0 Å². The lowest BCUT2D eigenvalue weighted by molar-refractivity contribution is -0.202. The Morgan fingerprint density at radius 3 is 2.47 bits per heavy atom. The largest absolute Gasteiger partial charge is 0.481 e. The lowest BCUT2D eigenvalue weighted by Gasteiger charge is -2.63. The van der Waals surface area contributed by atoms with Gasteiger partial charge in [-0.1, -0.05) is 34.1 Å². The van der Waals surface area contributed by atoms with E-state index in [1.807, 2.05) is 6.92 Å². The molecule has 11 atom stereocenters. The molecular formula is C25H40O5. The summed E-state index contributed by atoms with van der Waals surface area (Å²) >= 11 is 0. The third-order valence-electron chi connectivity index (χ3n) is 10.3. The third kappa shape index (κ3) is 3.09. The van der Waals surface area contributed by atoms with Gasteiger partial charge < -0.3 is 15.3 Å². The molecule has 0 aromatic carbocycles. The van der Waals surface area contributed by atoms with Crippen molar-refractivity contribution in [1.82, 2.24) is 0 Å². The van der Waals surface area contributed by atoms with Crippen LogP contribution in [-0.4, -0.2) is 39.3 Å². The van der Waals surface area contributed by atoms with E-state index < -0.39 is 12.1 Å². The molecule has 0 heterocycles. The average Bonchev–Trinajstić information content (AvgIpc) is 2.99. The summed E-state index contributed by atoms with van der Waals surface area (Å²) in [4.78, 5) is 25.1. The topological polar surface area (TPSA) is 94.8 Å². The maximum Gasteiger partial charge on any atom is 0.303 e. The van der Waals surface area contributed by atoms with E-state index in [1.54, 1.807) is 0 Å². The molecule has 0 aromatic heterocycles. The van der Waals surface area contributed by atoms with Crippen molar-refractivity contribution in [2.45, 2.75) is 91.3 Å². The summed E-state index contributed by atoms with van der Waals surface area (Å²) in [7, 11) is 0. The molecule has 0 saturated heterocycles. The second kappa shape index (κ2) is 7.58. The molecule has 170 valence electrons. The van der Waals surface area contributed by atoms with Crippen molar-refractivity contribution in [2.75, 3.05) is 0 Å². The normalized spacial score (nSPS) is 51.6. The first-order valence-corrected chi connectivity index (χ1v) is 12.1. The van der Waals surface area contributed by atoms with Crippen LogP contribution in [-0.2, 0) is 9.59 Å². The number of carbonyl (C=O) groups is 2. The molecule has 3 N–H and O–H groups in total. The molecule has 4 fully saturated rings. The second-order valence-corrected chi connectivity index (χ2v) is 11.7. The third-order valence-corrected chi connectivity index (χ3v) is 10.3. The Bertz CT molecular complexity index is 706. The van der Waals surface area contributed by atoms with Crippen LogP contribution in [0.3, 0.4) is 0 Å². The van der Waals surface area contributed by atoms with Gasteiger partial charge in [-0.05, 0) is 78.4 Å². The number of carboxylic acid groups (broad SMARTS) is 1. The first kappa shape index (κ1) is 22.3. The Balaban J connectivity index is 1.72. The molecule has 0 bridgehead atoms. The van der Waals surface area contributed by atoms with Crippen LogP contribution >= 0.6 is 0 Å². The number of rotatable bonds is 4. The van der Waals surface area contributed by atoms with Gasteiger partial charge >= 0.3 is 5.97 Å². The van der Waals surface area contributed by atoms with Crippen LogP contribution in [0.5, 0.6) is 0 Å². The Kier molecular flexibility index (Phi) is 5.63. The highest BCUT2D eigenvalue weighted by molar-refractivity contribution is 5.84. The molecule has 4 aliphatic carbocycles. The van der Waals surface area contributed by atoms with E-state index in [1.165, 1.54) is 0 Å². The smallest absolute Gasteiger partial charge is 0.303 e. The highest BCUT2D eigenvalue weighted by Gasteiger charge is 2.67. The number of fused-ring (bicyclic) bond motifs is 5. The van der Waals surface area contributed by atoms with Crippen molar-refractivity contribution < 1.29 is 24.9 Å². The number of aliphatic carboxylic acids is 1. The lowest BCUT2D eigenvalue weighted by atomic mass is 9.41. The molecule has 0 radical (unpaired) electrons. The van der Waals surface area contributed by atoms with Crippen LogP contribution in [0.25, 0.3) is 0 Å². The molecule has 4 unspecified atom stereocenters. The number of carboxylic acids is 1. The Morgan fingerprint density at radius 2 is 1.83 bits per heavy atom. The minimum atomic E-state index is -0.769. The molecule has 0 aromatic rings. The average molecular weight is 421 g/mol. The summed E-state index contributed by atoms with van der Waals surface area (Å²) in [5.74, 6) is 0.206. The molecule has 0 spiro atoms. The van der Waals surface area contributed by atoms with Gasteiger partial charge in [0.05, 0.1) is 12.2 Å². The molecule has 30 heavy (non-hydrogen) atoms. The van der Waals surface area contributed by atoms with Gasteiger partial charge in [0.1, 0.15) is 5.78 Å². The number of ketones is 1. The minimum Gasteiger partial charge on any atom is -0.481 e. The van der Waals surface area contributed by atoms with Gasteiger partial charge in [-0.3, -0.25) is 9.59 Å². The molecule has 0 aliphatic heterocycles. The molecule has 4 rings (SSSR count). The zero-order chi connectivity index (χ0) is 22.0. The van der Waals surface area contributed by atoms with E-state index in [0.29, 0.717) is 12.8 Å². The quantitative estimate of drug-likeness (QED) is 0.641. The molecule has 4 saturated carbocycles. The number of hydrogen-bond acceptors (Lipinski definition) is 4. The first-order chi connectivity index (χ1) is 14.0. The van der Waals surface area contributed by atoms with Gasteiger partial charge in [0.25, 0.3) is 0 Å². The van der Waals surface area contributed by atoms with E-state index in [0.717, 1.165) is 32.1 Å². The summed E-state index contributed by atoms with van der Waals surface area (Å²) in [6, 6.07) is 0. The maximum atomic E-state index is 13.8. The number of hydrogen-bond donors (Lipinski definition) is 3. The van der Waals surface area contributed by atoms with Crippen LogP contribution in [0.1, 0.15) is 79.1 Å². The second-order valence-electron chi connectivity index (χ2n) is 11.7. The molecule has 5 nitrogen and oxygen atoms in total. The number of aliphatic hydroxyl groups excluding tert-OH is 2. The van der Waals surface area contributed by atoms with Gasteiger partial charge in [0, 0.05) is 18.8 Å². The van der Waals surface area contributed by atoms with E-state index in [9.17, 15) is 24.9 Å². The number of Topliss-reactive ketones (excluding diaryl/α,β-unsaturated/α-hetero) is 1. The fourth-order valence-electron chi connectivity index (χ4n) is 9.16. The molecule has 0 amide bonds. The van der Waals surface area contributed by atoms with Crippen LogP contribution in [0, 0.1) is 52.3 Å². The molecule has 4 aliphatic rings. The van der Waals surface area contributed by atoms with E-state index in [-0.39, 0.29) is 70.6 Å².